The van der Waals surface area contributed by atoms with E-state index in [1.807, 2.05) is 13.8 Å². The number of hydrogen-bond donors (Lipinski definition) is 1. The molecule has 0 aromatic rings. The van der Waals surface area contributed by atoms with E-state index in [-0.39, 0.29) is 11.8 Å². The number of alkyl halides is 2. The number of hydrogen-bond acceptors (Lipinski definition) is 1. The predicted molar refractivity (Wildman–Crippen MR) is 40.6 cm³/mol. The molecule has 2 unspecified atom stereocenters. The molecular weight excluding hydrogens is 150 g/mol. The van der Waals surface area contributed by atoms with Crippen molar-refractivity contribution in [2.45, 2.75) is 39.7 Å². The fourth-order valence-corrected chi connectivity index (χ4v) is 0.826. The molecule has 0 aliphatic carbocycles. The number of rotatable bonds is 3. The Morgan fingerprint density at radius 1 is 1.18 bits per heavy atom. The first kappa shape index (κ1) is 10.8. The highest BCUT2D eigenvalue weighted by atomic mass is 19.3. The summed E-state index contributed by atoms with van der Waals surface area (Å²) in [5, 5.41) is 9.07. The van der Waals surface area contributed by atoms with Gasteiger partial charge in [0, 0.05) is 6.92 Å². The van der Waals surface area contributed by atoms with Crippen molar-refractivity contribution in [3.8, 4) is 0 Å². The van der Waals surface area contributed by atoms with Crippen LogP contribution in [0.2, 0.25) is 0 Å². The minimum absolute atomic E-state index is 0.0795. The van der Waals surface area contributed by atoms with Gasteiger partial charge in [-0.2, -0.15) is 0 Å². The van der Waals surface area contributed by atoms with Crippen molar-refractivity contribution < 1.29 is 13.9 Å². The third-order valence-corrected chi connectivity index (χ3v) is 2.07. The van der Waals surface area contributed by atoms with Crippen molar-refractivity contribution in [2.75, 3.05) is 0 Å². The Bertz CT molecular complexity index is 118. The predicted octanol–water partition coefficient (Wildman–Crippen LogP) is 2.29. The van der Waals surface area contributed by atoms with Gasteiger partial charge >= 0.3 is 0 Å². The van der Waals surface area contributed by atoms with Crippen molar-refractivity contribution in [2.24, 2.45) is 11.8 Å². The van der Waals surface area contributed by atoms with Gasteiger partial charge < -0.3 is 5.11 Å². The first-order valence-corrected chi connectivity index (χ1v) is 3.82. The summed E-state index contributed by atoms with van der Waals surface area (Å²) in [4.78, 5) is 0. The molecular formula is C8H16F2O. The quantitative estimate of drug-likeness (QED) is 0.682. The van der Waals surface area contributed by atoms with E-state index in [2.05, 4.69) is 0 Å². The minimum atomic E-state index is -2.98. The second kappa shape index (κ2) is 3.48. The molecule has 0 fully saturated rings. The highest BCUT2D eigenvalue weighted by Crippen LogP contribution is 2.27. The lowest BCUT2D eigenvalue weighted by Gasteiger charge is -2.26. The van der Waals surface area contributed by atoms with Crippen LogP contribution in [0.1, 0.15) is 27.7 Å². The average molecular weight is 166 g/mol. The molecule has 0 rings (SSSR count). The van der Waals surface area contributed by atoms with Gasteiger partial charge in [-0.25, -0.2) is 8.78 Å². The maximum atomic E-state index is 12.5. The molecule has 0 saturated carbocycles. The summed E-state index contributed by atoms with van der Waals surface area (Å²) in [5.41, 5.74) is 0. The fraction of sp³-hybridized carbons (Fsp3) is 1.00. The summed E-state index contributed by atoms with van der Waals surface area (Å²) >= 11 is 0. The topological polar surface area (TPSA) is 20.2 Å². The highest BCUT2D eigenvalue weighted by Gasteiger charge is 2.37. The summed E-state index contributed by atoms with van der Waals surface area (Å²) in [7, 11) is 0. The largest absolute Gasteiger partial charge is 0.387 e. The molecule has 3 heteroatoms. The Kier molecular flexibility index (Phi) is 3.42. The van der Waals surface area contributed by atoms with Gasteiger partial charge in [-0.1, -0.05) is 20.8 Å². The molecule has 0 aliphatic heterocycles. The molecule has 0 aromatic heterocycles. The lowest BCUT2D eigenvalue weighted by Crippen LogP contribution is -2.37. The van der Waals surface area contributed by atoms with E-state index in [1.165, 1.54) is 0 Å². The van der Waals surface area contributed by atoms with Gasteiger partial charge in [0.15, 0.2) is 0 Å². The molecule has 2 atom stereocenters. The molecule has 0 amide bonds. The van der Waals surface area contributed by atoms with Crippen LogP contribution in [0, 0.1) is 11.8 Å². The van der Waals surface area contributed by atoms with Gasteiger partial charge in [0.05, 0.1) is 0 Å². The Hall–Kier alpha value is -0.180. The van der Waals surface area contributed by atoms with E-state index in [9.17, 15) is 8.78 Å². The molecule has 1 N–H and O–H groups in total. The smallest absolute Gasteiger partial charge is 0.270 e. The normalized spacial score (nSPS) is 18.5. The number of halogens is 2. The molecule has 0 saturated heterocycles. The van der Waals surface area contributed by atoms with E-state index in [0.29, 0.717) is 0 Å². The van der Waals surface area contributed by atoms with Gasteiger partial charge in [-0.3, -0.25) is 0 Å². The third-order valence-electron chi connectivity index (χ3n) is 2.07. The van der Waals surface area contributed by atoms with Crippen LogP contribution in [-0.2, 0) is 0 Å². The summed E-state index contributed by atoms with van der Waals surface area (Å²) in [6.07, 6.45) is -1.53. The Morgan fingerprint density at radius 2 is 1.55 bits per heavy atom. The maximum Gasteiger partial charge on any atom is 0.270 e. The van der Waals surface area contributed by atoms with Gasteiger partial charge in [0.25, 0.3) is 5.92 Å². The first-order valence-electron chi connectivity index (χ1n) is 3.82. The van der Waals surface area contributed by atoms with Gasteiger partial charge in [0.1, 0.15) is 6.10 Å². The highest BCUT2D eigenvalue weighted by molar-refractivity contribution is 4.77. The van der Waals surface area contributed by atoms with Gasteiger partial charge in [-0.15, -0.1) is 0 Å². The van der Waals surface area contributed by atoms with E-state index < -0.39 is 12.0 Å². The maximum absolute atomic E-state index is 12.5. The van der Waals surface area contributed by atoms with Crippen LogP contribution in [-0.4, -0.2) is 17.1 Å². The molecule has 0 bridgehead atoms. The number of aliphatic hydroxyl groups excluding tert-OH is 1. The molecule has 0 spiro atoms. The van der Waals surface area contributed by atoms with Crippen LogP contribution in [0.15, 0.2) is 0 Å². The second-order valence-corrected chi connectivity index (χ2v) is 3.50. The Balaban J connectivity index is 4.13. The second-order valence-electron chi connectivity index (χ2n) is 3.50. The van der Waals surface area contributed by atoms with Crippen molar-refractivity contribution in [3.05, 3.63) is 0 Å². The van der Waals surface area contributed by atoms with E-state index in [0.717, 1.165) is 6.92 Å². The van der Waals surface area contributed by atoms with Crippen molar-refractivity contribution in [3.63, 3.8) is 0 Å². The standard InChI is InChI=1S/C8H16F2O/c1-5(2)6(3)7(11)8(4,9)10/h5-7,11H,1-4H3. The summed E-state index contributed by atoms with van der Waals surface area (Å²) < 4.78 is 25.0. The molecule has 11 heavy (non-hydrogen) atoms. The van der Waals surface area contributed by atoms with Gasteiger partial charge in [0.2, 0.25) is 0 Å². The average Bonchev–Trinajstić information content (AvgIpc) is 1.82. The van der Waals surface area contributed by atoms with Gasteiger partial charge in [-0.05, 0) is 11.8 Å². The van der Waals surface area contributed by atoms with Crippen LogP contribution in [0.5, 0.6) is 0 Å². The zero-order valence-corrected chi connectivity index (χ0v) is 7.44. The SMILES string of the molecule is CC(C)C(C)C(O)C(C)(F)F. The summed E-state index contributed by atoms with van der Waals surface area (Å²) in [6.45, 7) is 6.02. The Morgan fingerprint density at radius 3 is 1.64 bits per heavy atom. The van der Waals surface area contributed by atoms with Crippen LogP contribution < -0.4 is 0 Å². The molecule has 1 nitrogen and oxygen atoms in total. The molecule has 0 aromatic carbocycles. The van der Waals surface area contributed by atoms with Crippen LogP contribution in [0.3, 0.4) is 0 Å². The molecule has 0 heterocycles. The zero-order valence-electron chi connectivity index (χ0n) is 7.44. The van der Waals surface area contributed by atoms with Crippen LogP contribution >= 0.6 is 0 Å². The van der Waals surface area contributed by atoms with E-state index in [4.69, 9.17) is 5.11 Å². The Labute approximate surface area is 66.4 Å². The van der Waals surface area contributed by atoms with Crippen molar-refractivity contribution in [1.29, 1.82) is 0 Å². The van der Waals surface area contributed by atoms with Crippen LogP contribution in [0.4, 0.5) is 8.78 Å². The van der Waals surface area contributed by atoms with Crippen molar-refractivity contribution >= 4 is 0 Å². The first-order chi connectivity index (χ1) is 4.76. The molecule has 0 radical (unpaired) electrons. The lowest BCUT2D eigenvalue weighted by molar-refractivity contribution is -0.122. The zero-order chi connectivity index (χ0) is 9.23. The van der Waals surface area contributed by atoms with E-state index in [1.54, 1.807) is 6.92 Å². The van der Waals surface area contributed by atoms with Crippen molar-refractivity contribution in [1.82, 2.24) is 0 Å². The summed E-state index contributed by atoms with van der Waals surface area (Å²) in [5.74, 6) is -3.27. The fourth-order valence-electron chi connectivity index (χ4n) is 0.826. The molecule has 68 valence electrons. The molecule has 0 aliphatic rings. The monoisotopic (exact) mass is 166 g/mol. The number of aliphatic hydroxyl groups is 1. The summed E-state index contributed by atoms with van der Waals surface area (Å²) in [6, 6.07) is 0. The van der Waals surface area contributed by atoms with Crippen LogP contribution in [0.25, 0.3) is 0 Å². The minimum Gasteiger partial charge on any atom is -0.387 e. The lowest BCUT2D eigenvalue weighted by atomic mass is 9.89. The third kappa shape index (κ3) is 3.14. The van der Waals surface area contributed by atoms with E-state index >= 15 is 0 Å².